The Kier molecular flexibility index (Phi) is 6.47. The van der Waals surface area contributed by atoms with Gasteiger partial charge in [-0.05, 0) is 58.1 Å². The number of aliphatic carboxylic acids is 1. The summed E-state index contributed by atoms with van der Waals surface area (Å²) in [4.78, 5) is 12.8. The fraction of sp³-hybridized carbons (Fsp3) is 0.316. The zero-order valence-corrected chi connectivity index (χ0v) is 17.4. The van der Waals surface area contributed by atoms with E-state index in [4.69, 9.17) is 10.8 Å². The lowest BCUT2D eigenvalue weighted by molar-refractivity contribution is -0.138. The lowest BCUT2D eigenvalue weighted by atomic mass is 9.98. The number of hydrogen-bond donors (Lipinski definition) is 3. The van der Waals surface area contributed by atoms with E-state index in [0.29, 0.717) is 6.54 Å². The molecule has 2 rings (SSSR count). The van der Waals surface area contributed by atoms with Gasteiger partial charge in [-0.25, -0.2) is 0 Å². The number of halogens is 1. The summed E-state index contributed by atoms with van der Waals surface area (Å²) >= 11 is 4.06. The molecule has 2 aromatic carbocycles. The lowest BCUT2D eigenvalue weighted by Gasteiger charge is -2.27. The minimum atomic E-state index is -1.15. The normalized spacial score (nSPS) is 11.4. The maximum Gasteiger partial charge on any atom is 0.319 e. The van der Waals surface area contributed by atoms with Crippen LogP contribution in [-0.4, -0.2) is 30.6 Å². The molecule has 0 aliphatic heterocycles. The minimum Gasteiger partial charge on any atom is -0.480 e. The summed E-state index contributed by atoms with van der Waals surface area (Å²) in [6.45, 7) is 5.53. The average molecular weight is 436 g/mol. The van der Waals surface area contributed by atoms with Crippen molar-refractivity contribution in [3.05, 3.63) is 47.5 Å². The van der Waals surface area contributed by atoms with Crippen molar-refractivity contribution in [3.8, 4) is 0 Å². The smallest absolute Gasteiger partial charge is 0.319 e. The number of carboxylic acids is 1. The molecule has 0 saturated heterocycles. The number of carboxylic acid groups (broad SMARTS) is 1. The van der Waals surface area contributed by atoms with E-state index >= 15 is 0 Å². The van der Waals surface area contributed by atoms with Crippen LogP contribution in [0.2, 0.25) is 0 Å². The first-order valence-corrected chi connectivity index (χ1v) is 9.80. The molecule has 0 unspecified atom stereocenters. The van der Waals surface area contributed by atoms with Crippen molar-refractivity contribution in [3.63, 3.8) is 0 Å². The summed E-state index contributed by atoms with van der Waals surface area (Å²) in [5.74, 6) is -0.994. The van der Waals surface area contributed by atoms with Gasteiger partial charge in [0.15, 0.2) is 9.91 Å². The van der Waals surface area contributed by atoms with Gasteiger partial charge in [-0.2, -0.15) is 0 Å². The van der Waals surface area contributed by atoms with Gasteiger partial charge < -0.3 is 5.11 Å². The molecule has 26 heavy (non-hydrogen) atoms. The van der Waals surface area contributed by atoms with E-state index in [1.54, 1.807) is 13.8 Å². The Labute approximate surface area is 165 Å². The fourth-order valence-corrected chi connectivity index (χ4v) is 3.87. The Balaban J connectivity index is 2.37. The first kappa shape index (κ1) is 20.5. The van der Waals surface area contributed by atoms with E-state index in [1.807, 2.05) is 24.3 Å². The van der Waals surface area contributed by atoms with E-state index < -0.39 is 10.7 Å². The first-order valence-electron chi connectivity index (χ1n) is 8.19. The molecule has 2 aromatic rings. The molecule has 138 valence electrons. The Morgan fingerprint density at radius 3 is 2.19 bits per heavy atom. The van der Waals surface area contributed by atoms with Crippen LogP contribution in [0.25, 0.3) is 10.8 Å². The van der Waals surface area contributed by atoms with Crippen LogP contribution in [0.1, 0.15) is 31.9 Å². The van der Waals surface area contributed by atoms with Crippen molar-refractivity contribution in [2.75, 3.05) is 0 Å². The summed E-state index contributed by atoms with van der Waals surface area (Å²) in [7, 11) is 0. The molecule has 0 spiro atoms. The molecule has 0 aromatic heterocycles. The summed E-state index contributed by atoms with van der Waals surface area (Å²) in [5, 5.41) is 27.9. The molecule has 0 fully saturated rings. The molecule has 0 amide bonds. The lowest BCUT2D eigenvalue weighted by Crippen LogP contribution is -2.36. The van der Waals surface area contributed by atoms with Crippen molar-refractivity contribution in [2.24, 2.45) is 0 Å². The Hall–Kier alpha value is -1.86. The maximum absolute atomic E-state index is 11.4. The van der Waals surface area contributed by atoms with Crippen LogP contribution >= 0.6 is 27.7 Å². The quantitative estimate of drug-likeness (QED) is 0.347. The third-order valence-electron chi connectivity index (χ3n) is 4.16. The highest BCUT2D eigenvalue weighted by Crippen LogP contribution is 2.30. The highest BCUT2D eigenvalue weighted by atomic mass is 79.9. The standard InChI is InChI=1S/C19H22BrN3O2S/c1-4-12-9-10-13(15-8-6-5-7-14(12)15)11-23(17(20)21)18(22)26-19(2,3)16(24)25/h5-10,21-22H,4,11H2,1-3H3,(H,24,25). The van der Waals surface area contributed by atoms with Gasteiger partial charge in [0.05, 0.1) is 6.54 Å². The van der Waals surface area contributed by atoms with Crippen LogP contribution < -0.4 is 0 Å². The predicted molar refractivity (Wildman–Crippen MR) is 113 cm³/mol. The van der Waals surface area contributed by atoms with E-state index in [-0.39, 0.29) is 9.91 Å². The highest BCUT2D eigenvalue weighted by molar-refractivity contribution is 9.18. The number of fused-ring (bicyclic) bond motifs is 1. The van der Waals surface area contributed by atoms with E-state index in [2.05, 4.69) is 35.0 Å². The summed E-state index contributed by atoms with van der Waals surface area (Å²) < 4.78 is -1.12. The van der Waals surface area contributed by atoms with Gasteiger partial charge in [0.1, 0.15) is 4.75 Å². The van der Waals surface area contributed by atoms with E-state index in [0.717, 1.165) is 29.1 Å². The minimum absolute atomic E-state index is 0.0166. The molecule has 7 heteroatoms. The van der Waals surface area contributed by atoms with Crippen LogP contribution in [0.5, 0.6) is 0 Å². The SMILES string of the molecule is CCc1ccc(CN(C(=N)Br)C(=N)SC(C)(C)C(=O)O)c2ccccc12. The van der Waals surface area contributed by atoms with Gasteiger partial charge in [0.25, 0.3) is 0 Å². The maximum atomic E-state index is 11.4. The van der Waals surface area contributed by atoms with Crippen LogP contribution in [0.15, 0.2) is 36.4 Å². The monoisotopic (exact) mass is 435 g/mol. The zero-order chi connectivity index (χ0) is 19.5. The molecule has 0 atom stereocenters. The number of rotatable bonds is 5. The number of nitrogens with one attached hydrogen (secondary N) is 2. The van der Waals surface area contributed by atoms with Gasteiger partial charge in [0.2, 0.25) is 0 Å². The molecule has 0 heterocycles. The third-order valence-corrected chi connectivity index (χ3v) is 5.69. The van der Waals surface area contributed by atoms with E-state index in [1.165, 1.54) is 15.8 Å². The molecule has 0 bridgehead atoms. The Morgan fingerprint density at radius 1 is 1.15 bits per heavy atom. The summed E-state index contributed by atoms with van der Waals surface area (Å²) in [5.41, 5.74) is 2.24. The Bertz CT molecular complexity index is 867. The van der Waals surface area contributed by atoms with Gasteiger partial charge in [-0.3, -0.25) is 20.5 Å². The molecular weight excluding hydrogens is 414 g/mol. The zero-order valence-electron chi connectivity index (χ0n) is 15.0. The highest BCUT2D eigenvalue weighted by Gasteiger charge is 2.32. The first-order chi connectivity index (χ1) is 12.2. The molecule has 3 N–H and O–H groups in total. The van der Waals surface area contributed by atoms with Gasteiger partial charge in [-0.15, -0.1) is 0 Å². The Morgan fingerprint density at radius 2 is 1.69 bits per heavy atom. The summed E-state index contributed by atoms with van der Waals surface area (Å²) in [6, 6.07) is 12.2. The van der Waals surface area contributed by atoms with Crippen molar-refractivity contribution >= 4 is 54.3 Å². The predicted octanol–water partition coefficient (Wildman–Crippen LogP) is 5.07. The second kappa shape index (κ2) is 8.22. The molecule has 5 nitrogen and oxygen atoms in total. The summed E-state index contributed by atoms with van der Waals surface area (Å²) in [6.07, 6.45) is 0.928. The topological polar surface area (TPSA) is 88.2 Å². The van der Waals surface area contributed by atoms with Gasteiger partial charge >= 0.3 is 5.97 Å². The van der Waals surface area contributed by atoms with Crippen molar-refractivity contribution < 1.29 is 9.90 Å². The van der Waals surface area contributed by atoms with Crippen LogP contribution in [0.4, 0.5) is 0 Å². The van der Waals surface area contributed by atoms with Crippen LogP contribution in [0.3, 0.4) is 0 Å². The second-order valence-corrected chi connectivity index (χ2v) is 8.75. The number of carbonyl (C=O) groups is 1. The number of benzene rings is 2. The number of nitrogens with zero attached hydrogens (tertiary/aromatic N) is 1. The van der Waals surface area contributed by atoms with Crippen LogP contribution in [-0.2, 0) is 17.8 Å². The molecule has 0 saturated carbocycles. The molecule has 0 radical (unpaired) electrons. The second-order valence-electron chi connectivity index (χ2n) is 6.38. The van der Waals surface area contributed by atoms with Crippen molar-refractivity contribution in [1.29, 1.82) is 10.8 Å². The molecule has 0 aliphatic carbocycles. The third kappa shape index (κ3) is 4.45. The molecule has 0 aliphatic rings. The van der Waals surface area contributed by atoms with Gasteiger partial charge in [0, 0.05) is 0 Å². The number of amidine groups is 2. The largest absolute Gasteiger partial charge is 0.480 e. The van der Waals surface area contributed by atoms with Crippen LogP contribution in [0, 0.1) is 10.8 Å². The number of hydrogen-bond acceptors (Lipinski definition) is 4. The number of thioether (sulfide) groups is 1. The fourth-order valence-electron chi connectivity index (χ4n) is 2.61. The van der Waals surface area contributed by atoms with Crippen molar-refractivity contribution in [1.82, 2.24) is 4.90 Å². The van der Waals surface area contributed by atoms with Gasteiger partial charge in [-0.1, -0.05) is 55.1 Å². The molecular formula is C19H22BrN3O2S. The van der Waals surface area contributed by atoms with E-state index in [9.17, 15) is 9.90 Å². The van der Waals surface area contributed by atoms with Crippen molar-refractivity contribution in [2.45, 2.75) is 38.5 Å². The number of aryl methyl sites for hydroxylation is 1. The average Bonchev–Trinajstić information content (AvgIpc) is 2.58.